The Hall–Kier alpha value is -3.69. The number of nitrogens with one attached hydrogen (secondary N) is 1. The minimum Gasteiger partial charge on any atom is -0.486 e. The number of carboxylic acids is 1. The van der Waals surface area contributed by atoms with E-state index >= 15 is 0 Å². The lowest BCUT2D eigenvalue weighted by Crippen LogP contribution is -2.45. The molecule has 0 saturated heterocycles. The molecule has 0 bridgehead atoms. The van der Waals surface area contributed by atoms with Crippen LogP contribution in [-0.2, 0) is 26.1 Å². The minimum absolute atomic E-state index is 0.0240. The topological polar surface area (TPSA) is 149 Å². The number of fused-ring (bicyclic) bond motifs is 1. The third-order valence-electron chi connectivity index (χ3n) is 7.06. The summed E-state index contributed by atoms with van der Waals surface area (Å²) in [6, 6.07) is 3.88. The molecule has 1 aromatic carbocycles. The second-order valence-electron chi connectivity index (χ2n) is 10.6. The van der Waals surface area contributed by atoms with Crippen LogP contribution in [-0.4, -0.2) is 66.4 Å². The number of halogens is 3. The summed E-state index contributed by atoms with van der Waals surface area (Å²) in [6.07, 6.45) is -4.19. The van der Waals surface area contributed by atoms with E-state index in [1.54, 1.807) is 13.8 Å². The number of nitrogens with zero attached hydrogens (tertiary/aromatic N) is 3. The number of hydrogen-bond acceptors (Lipinski definition) is 8. The van der Waals surface area contributed by atoms with Crippen molar-refractivity contribution < 1.29 is 50.5 Å². The van der Waals surface area contributed by atoms with Crippen LogP contribution >= 0.6 is 0 Å². The highest BCUT2D eigenvalue weighted by Gasteiger charge is 2.51. The standard InChI is InChI=1S/C26H33F3N4O8S/c1-5-32-14-21(22(31-32)39-6-2)42(37,38)33-13-17(12-18(23(34)35)15-7-8-15)40-20-10-9-16(11-19(20)33)30-24(36)41-25(3,4)26(27,28)29/h9-11,14-15,17-18H,5-8,12-13H2,1-4H3,(H,30,36)(H,34,35)/t17-,18+/m0/s1. The Bertz CT molecular complexity index is 1440. The molecule has 1 saturated carbocycles. The number of amides is 1. The average Bonchev–Trinajstić information content (AvgIpc) is 3.64. The molecule has 2 atom stereocenters. The molecule has 42 heavy (non-hydrogen) atoms. The van der Waals surface area contributed by atoms with Crippen molar-refractivity contribution in [3.8, 4) is 11.6 Å². The smallest absolute Gasteiger partial charge is 0.427 e. The lowest BCUT2D eigenvalue weighted by molar-refractivity contribution is -0.242. The Morgan fingerprint density at radius 2 is 1.93 bits per heavy atom. The van der Waals surface area contributed by atoms with Gasteiger partial charge in [-0.1, -0.05) is 0 Å². The third-order valence-corrected chi connectivity index (χ3v) is 8.82. The number of ether oxygens (including phenoxy) is 3. The summed E-state index contributed by atoms with van der Waals surface area (Å²) in [5.41, 5.74) is -2.87. The van der Waals surface area contributed by atoms with Crippen LogP contribution in [0.2, 0.25) is 0 Å². The molecule has 1 amide bonds. The van der Waals surface area contributed by atoms with Crippen molar-refractivity contribution in [1.82, 2.24) is 9.78 Å². The molecule has 2 N–H and O–H groups in total. The molecule has 0 unspecified atom stereocenters. The highest BCUT2D eigenvalue weighted by atomic mass is 32.2. The van der Waals surface area contributed by atoms with Gasteiger partial charge < -0.3 is 19.3 Å². The van der Waals surface area contributed by atoms with Gasteiger partial charge in [-0.05, 0) is 71.1 Å². The van der Waals surface area contributed by atoms with E-state index in [4.69, 9.17) is 9.47 Å². The number of sulfonamides is 1. The summed E-state index contributed by atoms with van der Waals surface area (Å²) < 4.78 is 86.3. The maximum absolute atomic E-state index is 14.1. The van der Waals surface area contributed by atoms with Gasteiger partial charge in [-0.15, -0.1) is 5.10 Å². The Morgan fingerprint density at radius 3 is 2.50 bits per heavy atom. The van der Waals surface area contributed by atoms with Crippen LogP contribution in [0, 0.1) is 11.8 Å². The Balaban J connectivity index is 1.71. The van der Waals surface area contributed by atoms with Gasteiger partial charge in [-0.2, -0.15) is 13.2 Å². The first-order valence-corrected chi connectivity index (χ1v) is 14.8. The predicted molar refractivity (Wildman–Crippen MR) is 143 cm³/mol. The maximum Gasteiger partial charge on any atom is 0.427 e. The number of aryl methyl sites for hydroxylation is 1. The highest BCUT2D eigenvalue weighted by molar-refractivity contribution is 7.93. The summed E-state index contributed by atoms with van der Waals surface area (Å²) in [5, 5.41) is 16.1. The van der Waals surface area contributed by atoms with Crippen molar-refractivity contribution in [3.05, 3.63) is 24.4 Å². The van der Waals surface area contributed by atoms with Crippen molar-refractivity contribution in [2.75, 3.05) is 22.8 Å². The van der Waals surface area contributed by atoms with Gasteiger partial charge in [-0.25, -0.2) is 13.2 Å². The lowest BCUT2D eigenvalue weighted by atomic mass is 9.95. The van der Waals surface area contributed by atoms with Crippen LogP contribution in [0.1, 0.15) is 47.0 Å². The van der Waals surface area contributed by atoms with Crippen molar-refractivity contribution in [2.24, 2.45) is 11.8 Å². The largest absolute Gasteiger partial charge is 0.486 e. The second kappa shape index (κ2) is 11.5. The number of rotatable bonds is 11. The molecule has 2 aromatic rings. The number of carboxylic acid groups (broad SMARTS) is 1. The van der Waals surface area contributed by atoms with E-state index in [1.807, 2.05) is 0 Å². The molecule has 1 aromatic heterocycles. The molecule has 0 spiro atoms. The number of alkyl halides is 3. The summed E-state index contributed by atoms with van der Waals surface area (Å²) >= 11 is 0. The van der Waals surface area contributed by atoms with Crippen LogP contribution in [0.25, 0.3) is 0 Å². The van der Waals surface area contributed by atoms with E-state index in [9.17, 15) is 36.3 Å². The second-order valence-corrected chi connectivity index (χ2v) is 12.4. The van der Waals surface area contributed by atoms with Gasteiger partial charge in [0, 0.05) is 18.4 Å². The van der Waals surface area contributed by atoms with Crippen LogP contribution in [0.3, 0.4) is 0 Å². The van der Waals surface area contributed by atoms with Gasteiger partial charge in [0.1, 0.15) is 11.9 Å². The highest BCUT2D eigenvalue weighted by Crippen LogP contribution is 2.44. The number of carbonyl (C=O) groups is 2. The van der Waals surface area contributed by atoms with Gasteiger partial charge in [0.05, 0.1) is 24.8 Å². The van der Waals surface area contributed by atoms with Crippen LogP contribution in [0.4, 0.5) is 29.3 Å². The average molecular weight is 619 g/mol. The molecule has 4 rings (SSSR count). The van der Waals surface area contributed by atoms with Crippen LogP contribution in [0.5, 0.6) is 11.6 Å². The molecule has 1 aliphatic heterocycles. The number of benzene rings is 1. The van der Waals surface area contributed by atoms with Crippen molar-refractivity contribution in [1.29, 1.82) is 0 Å². The molecule has 1 aliphatic carbocycles. The van der Waals surface area contributed by atoms with Gasteiger partial charge in [-0.3, -0.25) is 19.1 Å². The van der Waals surface area contributed by atoms with E-state index in [1.165, 1.54) is 29.1 Å². The van der Waals surface area contributed by atoms with Crippen LogP contribution < -0.4 is 19.1 Å². The molecule has 2 aliphatic rings. The zero-order valence-corrected chi connectivity index (χ0v) is 24.3. The van der Waals surface area contributed by atoms with Gasteiger partial charge >= 0.3 is 18.2 Å². The Kier molecular flexibility index (Phi) is 8.58. The fourth-order valence-electron chi connectivity index (χ4n) is 4.53. The maximum atomic E-state index is 14.1. The third kappa shape index (κ3) is 6.52. The van der Waals surface area contributed by atoms with E-state index in [0.717, 1.165) is 17.1 Å². The molecule has 16 heteroatoms. The van der Waals surface area contributed by atoms with Crippen molar-refractivity contribution in [2.45, 2.75) is 76.3 Å². The minimum atomic E-state index is -4.83. The SMILES string of the molecule is CCOc1nn(CC)cc1S(=O)(=O)N1C[C@H](C[C@@H](C(=O)O)C2CC2)Oc2ccc(NC(=O)OC(C)(C)C(F)(F)F)cc21. The molecule has 12 nitrogen and oxygen atoms in total. The summed E-state index contributed by atoms with van der Waals surface area (Å²) in [7, 11) is -4.40. The number of aromatic nitrogens is 2. The first-order chi connectivity index (χ1) is 19.6. The first-order valence-electron chi connectivity index (χ1n) is 13.4. The van der Waals surface area contributed by atoms with E-state index in [-0.39, 0.29) is 53.4 Å². The zero-order chi connectivity index (χ0) is 31.0. The molecule has 2 heterocycles. The summed E-state index contributed by atoms with van der Waals surface area (Å²) in [4.78, 5) is 24.0. The molecule has 0 radical (unpaired) electrons. The summed E-state index contributed by atoms with van der Waals surface area (Å²) in [6.45, 7) is 5.04. The monoisotopic (exact) mass is 618 g/mol. The van der Waals surface area contributed by atoms with Gasteiger partial charge in [0.15, 0.2) is 4.90 Å². The fourth-order valence-corrected chi connectivity index (χ4v) is 6.11. The van der Waals surface area contributed by atoms with Crippen molar-refractivity contribution in [3.63, 3.8) is 0 Å². The Morgan fingerprint density at radius 1 is 1.24 bits per heavy atom. The van der Waals surface area contributed by atoms with E-state index < -0.39 is 45.9 Å². The molecule has 1 fully saturated rings. The van der Waals surface area contributed by atoms with Gasteiger partial charge in [0.2, 0.25) is 5.60 Å². The number of hydrogen-bond donors (Lipinski definition) is 2. The number of carbonyl (C=O) groups excluding carboxylic acids is 1. The van der Waals surface area contributed by atoms with E-state index in [0.29, 0.717) is 20.4 Å². The Labute approximate surface area is 240 Å². The number of anilines is 2. The van der Waals surface area contributed by atoms with E-state index in [2.05, 4.69) is 15.2 Å². The predicted octanol–water partition coefficient (Wildman–Crippen LogP) is 4.65. The lowest BCUT2D eigenvalue weighted by Gasteiger charge is -2.36. The van der Waals surface area contributed by atoms with Crippen LogP contribution in [0.15, 0.2) is 29.3 Å². The quantitative estimate of drug-likeness (QED) is 0.367. The molecular formula is C26H33F3N4O8S. The zero-order valence-electron chi connectivity index (χ0n) is 23.5. The van der Waals surface area contributed by atoms with Crippen molar-refractivity contribution >= 4 is 33.5 Å². The van der Waals surface area contributed by atoms with Gasteiger partial charge in [0.25, 0.3) is 15.9 Å². The fraction of sp³-hybridized carbons (Fsp3) is 0.577. The summed E-state index contributed by atoms with van der Waals surface area (Å²) in [5.74, 6) is -1.80. The molecular weight excluding hydrogens is 585 g/mol. The number of aliphatic carboxylic acids is 1. The normalized spacial score (nSPS) is 18.1. The first kappa shape index (κ1) is 31.3. The molecule has 232 valence electrons.